The van der Waals surface area contributed by atoms with Crippen molar-refractivity contribution < 1.29 is 4.74 Å². The van der Waals surface area contributed by atoms with Gasteiger partial charge >= 0.3 is 0 Å². The average molecular weight is 213 g/mol. The summed E-state index contributed by atoms with van der Waals surface area (Å²) in [4.78, 5) is 4.37. The number of benzene rings is 1. The number of aromatic nitrogens is 1. The minimum atomic E-state index is 0.896. The molecule has 0 amide bonds. The summed E-state index contributed by atoms with van der Waals surface area (Å²) < 4.78 is 5.36. The molecule has 0 fully saturated rings. The van der Waals surface area contributed by atoms with E-state index in [4.69, 9.17) is 4.74 Å². The summed E-state index contributed by atoms with van der Waals surface area (Å²) in [6.07, 6.45) is 0. The van der Waals surface area contributed by atoms with Crippen LogP contribution in [-0.2, 0) is 0 Å². The minimum absolute atomic E-state index is 0.896. The van der Waals surface area contributed by atoms with E-state index < -0.39 is 0 Å². The van der Waals surface area contributed by atoms with Crippen molar-refractivity contribution in [1.82, 2.24) is 4.98 Å². The van der Waals surface area contributed by atoms with Gasteiger partial charge in [-0.2, -0.15) is 0 Å². The lowest BCUT2D eigenvalue weighted by atomic mass is 10.0. The number of hydrogen-bond donors (Lipinski definition) is 0. The highest BCUT2D eigenvalue weighted by molar-refractivity contribution is 5.70. The first-order valence-corrected chi connectivity index (χ1v) is 5.29. The lowest BCUT2D eigenvalue weighted by Gasteiger charge is -2.09. The molecule has 0 N–H and O–H groups in total. The number of aryl methyl sites for hydroxylation is 2. The van der Waals surface area contributed by atoms with Crippen LogP contribution in [-0.4, -0.2) is 12.1 Å². The molecule has 0 unspecified atom stereocenters. The summed E-state index contributed by atoms with van der Waals surface area (Å²) in [5.74, 6) is 0.896. The van der Waals surface area contributed by atoms with Gasteiger partial charge in [0, 0.05) is 17.0 Å². The van der Waals surface area contributed by atoms with Crippen LogP contribution in [0.4, 0.5) is 0 Å². The Kier molecular flexibility index (Phi) is 2.91. The highest BCUT2D eigenvalue weighted by Gasteiger charge is 2.05. The van der Waals surface area contributed by atoms with Crippen LogP contribution in [0.3, 0.4) is 0 Å². The molecule has 0 aliphatic rings. The Morgan fingerprint density at radius 2 is 1.62 bits per heavy atom. The van der Waals surface area contributed by atoms with Gasteiger partial charge in [0.2, 0.25) is 0 Å². The van der Waals surface area contributed by atoms with E-state index in [1.54, 1.807) is 7.11 Å². The molecule has 0 bridgehead atoms. The molecule has 0 aliphatic carbocycles. The maximum atomic E-state index is 5.36. The molecule has 2 rings (SSSR count). The fourth-order valence-corrected chi connectivity index (χ4v) is 1.87. The molecule has 2 nitrogen and oxygen atoms in total. The summed E-state index contributed by atoms with van der Waals surface area (Å²) >= 11 is 0. The predicted molar refractivity (Wildman–Crippen MR) is 65.7 cm³/mol. The van der Waals surface area contributed by atoms with E-state index in [2.05, 4.69) is 23.2 Å². The summed E-state index contributed by atoms with van der Waals surface area (Å²) in [6.45, 7) is 4.01. The van der Waals surface area contributed by atoms with E-state index in [0.717, 1.165) is 28.3 Å². The van der Waals surface area contributed by atoms with Crippen molar-refractivity contribution in [3.8, 4) is 16.9 Å². The van der Waals surface area contributed by atoms with E-state index in [0.29, 0.717) is 0 Å². The van der Waals surface area contributed by atoms with Crippen molar-refractivity contribution in [3.63, 3.8) is 0 Å². The van der Waals surface area contributed by atoms with Crippen LogP contribution < -0.4 is 4.74 Å². The van der Waals surface area contributed by atoms with Crippen LogP contribution in [0.5, 0.6) is 5.75 Å². The zero-order valence-electron chi connectivity index (χ0n) is 9.82. The number of ether oxygens (including phenoxy) is 1. The second-order valence-corrected chi connectivity index (χ2v) is 3.84. The van der Waals surface area contributed by atoms with Crippen molar-refractivity contribution in [2.24, 2.45) is 0 Å². The second-order valence-electron chi connectivity index (χ2n) is 3.84. The number of para-hydroxylation sites is 1. The lowest BCUT2D eigenvalue weighted by Crippen LogP contribution is -1.91. The first-order chi connectivity index (χ1) is 7.70. The molecule has 2 heteroatoms. The van der Waals surface area contributed by atoms with Crippen LogP contribution in [0.2, 0.25) is 0 Å². The fourth-order valence-electron chi connectivity index (χ4n) is 1.87. The number of methoxy groups -OCH3 is 1. The first kappa shape index (κ1) is 10.7. The van der Waals surface area contributed by atoms with Crippen LogP contribution in [0.25, 0.3) is 11.1 Å². The van der Waals surface area contributed by atoms with Crippen molar-refractivity contribution in [2.75, 3.05) is 7.11 Å². The first-order valence-electron chi connectivity index (χ1n) is 5.29. The molecule has 82 valence electrons. The molecule has 1 aromatic heterocycles. The Balaban J connectivity index is 2.58. The van der Waals surface area contributed by atoms with Crippen LogP contribution in [0.15, 0.2) is 36.4 Å². The zero-order valence-corrected chi connectivity index (χ0v) is 9.82. The van der Waals surface area contributed by atoms with Gasteiger partial charge in [0.15, 0.2) is 0 Å². The largest absolute Gasteiger partial charge is 0.496 e. The molecule has 16 heavy (non-hydrogen) atoms. The van der Waals surface area contributed by atoms with Gasteiger partial charge in [-0.1, -0.05) is 18.2 Å². The zero-order chi connectivity index (χ0) is 11.5. The van der Waals surface area contributed by atoms with Gasteiger partial charge in [-0.25, -0.2) is 0 Å². The maximum absolute atomic E-state index is 5.36. The summed E-state index contributed by atoms with van der Waals surface area (Å²) in [7, 11) is 1.69. The molecular weight excluding hydrogens is 198 g/mol. The molecule has 1 aromatic carbocycles. The molecule has 0 spiro atoms. The Morgan fingerprint density at radius 1 is 1.00 bits per heavy atom. The highest BCUT2D eigenvalue weighted by atomic mass is 16.5. The van der Waals surface area contributed by atoms with Gasteiger partial charge in [-0.3, -0.25) is 4.98 Å². The van der Waals surface area contributed by atoms with Gasteiger partial charge in [-0.05, 0) is 37.6 Å². The Bertz CT molecular complexity index is 486. The van der Waals surface area contributed by atoms with Crippen molar-refractivity contribution in [2.45, 2.75) is 13.8 Å². The van der Waals surface area contributed by atoms with Gasteiger partial charge in [0.25, 0.3) is 0 Å². The molecule has 0 saturated carbocycles. The van der Waals surface area contributed by atoms with E-state index in [-0.39, 0.29) is 0 Å². The molecule has 0 radical (unpaired) electrons. The molecule has 2 aromatic rings. The average Bonchev–Trinajstić information content (AvgIpc) is 2.27. The third-order valence-corrected chi connectivity index (χ3v) is 2.50. The highest BCUT2D eigenvalue weighted by Crippen LogP contribution is 2.29. The SMILES string of the molecule is COc1ccccc1-c1cc(C)nc(C)c1. The second kappa shape index (κ2) is 4.35. The Labute approximate surface area is 95.9 Å². The van der Waals surface area contributed by atoms with Crippen molar-refractivity contribution in [1.29, 1.82) is 0 Å². The van der Waals surface area contributed by atoms with E-state index in [9.17, 15) is 0 Å². The monoisotopic (exact) mass is 213 g/mol. The van der Waals surface area contributed by atoms with Crippen LogP contribution >= 0.6 is 0 Å². The smallest absolute Gasteiger partial charge is 0.126 e. The summed E-state index contributed by atoms with van der Waals surface area (Å²) in [6, 6.07) is 12.2. The third kappa shape index (κ3) is 2.06. The summed E-state index contributed by atoms with van der Waals surface area (Å²) in [5, 5.41) is 0. The predicted octanol–water partition coefficient (Wildman–Crippen LogP) is 3.37. The number of hydrogen-bond acceptors (Lipinski definition) is 2. The Hall–Kier alpha value is -1.83. The van der Waals surface area contributed by atoms with Gasteiger partial charge in [0.1, 0.15) is 5.75 Å². The lowest BCUT2D eigenvalue weighted by molar-refractivity contribution is 0.416. The standard InChI is InChI=1S/C14H15NO/c1-10-8-12(9-11(2)15-10)13-6-4-5-7-14(13)16-3/h4-9H,1-3H3. The maximum Gasteiger partial charge on any atom is 0.126 e. The van der Waals surface area contributed by atoms with Gasteiger partial charge < -0.3 is 4.74 Å². The topological polar surface area (TPSA) is 22.1 Å². The minimum Gasteiger partial charge on any atom is -0.496 e. The van der Waals surface area contributed by atoms with E-state index in [1.165, 1.54) is 0 Å². The third-order valence-electron chi connectivity index (χ3n) is 2.50. The van der Waals surface area contributed by atoms with Crippen LogP contribution in [0, 0.1) is 13.8 Å². The normalized spacial score (nSPS) is 10.2. The van der Waals surface area contributed by atoms with E-state index in [1.807, 2.05) is 32.0 Å². The van der Waals surface area contributed by atoms with Crippen molar-refractivity contribution >= 4 is 0 Å². The number of pyridine rings is 1. The molecule has 1 heterocycles. The van der Waals surface area contributed by atoms with E-state index >= 15 is 0 Å². The van der Waals surface area contributed by atoms with Crippen LogP contribution in [0.1, 0.15) is 11.4 Å². The molecule has 0 atom stereocenters. The number of nitrogens with zero attached hydrogens (tertiary/aromatic N) is 1. The quantitative estimate of drug-likeness (QED) is 0.763. The van der Waals surface area contributed by atoms with Crippen molar-refractivity contribution in [3.05, 3.63) is 47.8 Å². The van der Waals surface area contributed by atoms with Gasteiger partial charge in [-0.15, -0.1) is 0 Å². The Morgan fingerprint density at radius 3 is 2.25 bits per heavy atom. The number of rotatable bonds is 2. The molecule has 0 saturated heterocycles. The molecule has 0 aliphatic heterocycles. The van der Waals surface area contributed by atoms with Gasteiger partial charge in [0.05, 0.1) is 7.11 Å². The molecular formula is C14H15NO. The summed E-state index contributed by atoms with van der Waals surface area (Å²) in [5.41, 5.74) is 4.32. The fraction of sp³-hybridized carbons (Fsp3) is 0.214.